The molecule has 4 rings (SSSR count). The molecule has 26 heavy (non-hydrogen) atoms. The molecular formula is C23H34O3. The number of carbonyl (C=O) groups is 2. The Balaban J connectivity index is 1.59. The summed E-state index contributed by atoms with van der Waals surface area (Å²) in [6.45, 7) is 8.18. The highest BCUT2D eigenvalue weighted by molar-refractivity contribution is 5.79. The van der Waals surface area contributed by atoms with Crippen LogP contribution in [0.25, 0.3) is 0 Å². The van der Waals surface area contributed by atoms with E-state index in [2.05, 4.69) is 26.0 Å². The number of hydrogen-bond donors (Lipinski definition) is 0. The first-order valence-electron chi connectivity index (χ1n) is 10.6. The SMILES string of the molecule is CC(=O)O[C@@H]1C=C[C@@]2(C)[C@@H](CC[C@@H]3[C@@H]2CC[C@]2(C)[C@@H](C(C)=O)CC[C@@H]32)C1. The van der Waals surface area contributed by atoms with Crippen molar-refractivity contribution in [1.82, 2.24) is 0 Å². The first-order chi connectivity index (χ1) is 12.3. The van der Waals surface area contributed by atoms with E-state index in [0.29, 0.717) is 17.6 Å². The van der Waals surface area contributed by atoms with Gasteiger partial charge < -0.3 is 4.74 Å². The van der Waals surface area contributed by atoms with Gasteiger partial charge in [0.25, 0.3) is 0 Å². The summed E-state index contributed by atoms with van der Waals surface area (Å²) in [6.07, 6.45) is 12.8. The van der Waals surface area contributed by atoms with Crippen LogP contribution in [-0.2, 0) is 14.3 Å². The van der Waals surface area contributed by atoms with Crippen molar-refractivity contribution in [3.8, 4) is 0 Å². The highest BCUT2D eigenvalue weighted by Gasteiger charge is 2.60. The number of hydrogen-bond acceptors (Lipinski definition) is 3. The molecule has 0 aromatic rings. The van der Waals surface area contributed by atoms with Crippen molar-refractivity contribution in [2.45, 2.75) is 78.7 Å². The molecule has 4 aliphatic rings. The lowest BCUT2D eigenvalue weighted by atomic mass is 9.46. The molecule has 3 nitrogen and oxygen atoms in total. The Morgan fingerprint density at radius 3 is 2.46 bits per heavy atom. The number of ether oxygens (including phenoxy) is 1. The number of ketones is 1. The van der Waals surface area contributed by atoms with Gasteiger partial charge >= 0.3 is 5.97 Å². The van der Waals surface area contributed by atoms with Crippen molar-refractivity contribution >= 4 is 11.8 Å². The van der Waals surface area contributed by atoms with E-state index in [4.69, 9.17) is 4.74 Å². The maximum Gasteiger partial charge on any atom is 0.303 e. The smallest absolute Gasteiger partial charge is 0.303 e. The summed E-state index contributed by atoms with van der Waals surface area (Å²) in [5.41, 5.74) is 0.462. The minimum absolute atomic E-state index is 0.0374. The van der Waals surface area contributed by atoms with Crippen molar-refractivity contribution < 1.29 is 14.3 Å². The van der Waals surface area contributed by atoms with Gasteiger partial charge in [-0.3, -0.25) is 9.59 Å². The van der Waals surface area contributed by atoms with Crippen LogP contribution < -0.4 is 0 Å². The molecule has 0 spiro atoms. The van der Waals surface area contributed by atoms with Crippen LogP contribution in [0.1, 0.15) is 72.6 Å². The number of allylic oxidation sites excluding steroid dienone is 1. The molecule has 0 amide bonds. The quantitative estimate of drug-likeness (QED) is 0.518. The summed E-state index contributed by atoms with van der Waals surface area (Å²) in [5, 5.41) is 0. The molecule has 0 saturated heterocycles. The number of carbonyl (C=O) groups excluding carboxylic acids is 2. The summed E-state index contributed by atoms with van der Waals surface area (Å²) in [5.74, 6) is 3.34. The predicted octanol–water partition coefficient (Wildman–Crippen LogP) is 4.94. The van der Waals surface area contributed by atoms with Gasteiger partial charge in [0.1, 0.15) is 11.9 Å². The molecule has 8 atom stereocenters. The van der Waals surface area contributed by atoms with Gasteiger partial charge in [0.2, 0.25) is 0 Å². The summed E-state index contributed by atoms with van der Waals surface area (Å²) >= 11 is 0. The van der Waals surface area contributed by atoms with Crippen LogP contribution in [0.3, 0.4) is 0 Å². The van der Waals surface area contributed by atoms with Crippen LogP contribution in [-0.4, -0.2) is 17.9 Å². The summed E-state index contributed by atoms with van der Waals surface area (Å²) in [6, 6.07) is 0. The molecule has 0 aliphatic heterocycles. The van der Waals surface area contributed by atoms with Gasteiger partial charge in [-0.1, -0.05) is 19.9 Å². The van der Waals surface area contributed by atoms with Crippen molar-refractivity contribution in [1.29, 1.82) is 0 Å². The Kier molecular flexibility index (Phi) is 4.36. The van der Waals surface area contributed by atoms with E-state index in [9.17, 15) is 9.59 Å². The average molecular weight is 359 g/mol. The molecule has 144 valence electrons. The maximum atomic E-state index is 12.2. The van der Waals surface area contributed by atoms with Crippen molar-refractivity contribution in [2.24, 2.45) is 40.4 Å². The van der Waals surface area contributed by atoms with Gasteiger partial charge in [-0.2, -0.15) is 0 Å². The molecule has 3 heteroatoms. The molecule has 0 aromatic heterocycles. The molecule has 4 aliphatic carbocycles. The van der Waals surface area contributed by atoms with E-state index in [1.165, 1.54) is 39.0 Å². The molecule has 0 N–H and O–H groups in total. The Labute approximate surface area is 157 Å². The third-order valence-corrected chi connectivity index (χ3v) is 8.96. The number of fused-ring (bicyclic) bond motifs is 5. The summed E-state index contributed by atoms with van der Waals surface area (Å²) in [7, 11) is 0. The number of Topliss-reactive ketones (excluding diaryl/α,β-unsaturated/α-hetero) is 1. The van der Waals surface area contributed by atoms with E-state index in [1.807, 2.05) is 6.92 Å². The third kappa shape index (κ3) is 2.60. The van der Waals surface area contributed by atoms with Gasteiger partial charge in [-0.15, -0.1) is 0 Å². The van der Waals surface area contributed by atoms with E-state index in [-0.39, 0.29) is 28.8 Å². The monoisotopic (exact) mass is 358 g/mol. The van der Waals surface area contributed by atoms with Crippen LogP contribution in [0.4, 0.5) is 0 Å². The molecule has 3 saturated carbocycles. The molecule has 0 aromatic carbocycles. The number of esters is 1. The normalized spacial score (nSPS) is 49.7. The summed E-state index contributed by atoms with van der Waals surface area (Å²) in [4.78, 5) is 23.6. The fraction of sp³-hybridized carbons (Fsp3) is 0.826. The minimum atomic E-state index is -0.174. The fourth-order valence-corrected chi connectivity index (χ4v) is 7.74. The lowest BCUT2D eigenvalue weighted by molar-refractivity contribution is -0.148. The second-order valence-electron chi connectivity index (χ2n) is 10.0. The largest absolute Gasteiger partial charge is 0.458 e. The molecule has 0 bridgehead atoms. The topological polar surface area (TPSA) is 43.4 Å². The second-order valence-corrected chi connectivity index (χ2v) is 10.0. The van der Waals surface area contributed by atoms with E-state index in [1.54, 1.807) is 0 Å². The molecular weight excluding hydrogens is 324 g/mol. The van der Waals surface area contributed by atoms with Gasteiger partial charge in [0, 0.05) is 12.8 Å². The van der Waals surface area contributed by atoms with Crippen LogP contribution >= 0.6 is 0 Å². The maximum absolute atomic E-state index is 12.2. The molecule has 0 heterocycles. The highest BCUT2D eigenvalue weighted by Crippen LogP contribution is 2.66. The van der Waals surface area contributed by atoms with E-state index < -0.39 is 0 Å². The van der Waals surface area contributed by atoms with Crippen molar-refractivity contribution in [3.63, 3.8) is 0 Å². The Morgan fingerprint density at radius 2 is 1.77 bits per heavy atom. The average Bonchev–Trinajstić information content (AvgIpc) is 2.92. The van der Waals surface area contributed by atoms with Gasteiger partial charge in [-0.25, -0.2) is 0 Å². The zero-order valence-electron chi connectivity index (χ0n) is 16.8. The van der Waals surface area contributed by atoms with E-state index >= 15 is 0 Å². The fourth-order valence-electron chi connectivity index (χ4n) is 7.74. The standard InChI is InChI=1S/C23H34O3/c1-14(24)19-7-8-20-18-6-5-16-13-17(26-15(2)25)9-11-22(16,3)21(18)10-12-23(19,20)4/h9,11,16-21H,5-8,10,12-13H2,1-4H3/t16-,17+,18-,19+,20-,21-,22-,23+/m0/s1. The van der Waals surface area contributed by atoms with Gasteiger partial charge in [0.15, 0.2) is 0 Å². The Hall–Kier alpha value is -1.12. The van der Waals surface area contributed by atoms with Gasteiger partial charge in [-0.05, 0) is 92.4 Å². The molecule has 0 radical (unpaired) electrons. The zero-order valence-corrected chi connectivity index (χ0v) is 16.8. The predicted molar refractivity (Wildman–Crippen MR) is 101 cm³/mol. The van der Waals surface area contributed by atoms with Crippen molar-refractivity contribution in [3.05, 3.63) is 12.2 Å². The first-order valence-corrected chi connectivity index (χ1v) is 10.6. The zero-order chi connectivity index (χ0) is 18.7. The number of rotatable bonds is 2. The summed E-state index contributed by atoms with van der Waals surface area (Å²) < 4.78 is 5.48. The first kappa shape index (κ1) is 18.3. The minimum Gasteiger partial charge on any atom is -0.458 e. The van der Waals surface area contributed by atoms with Crippen LogP contribution in [0.2, 0.25) is 0 Å². The van der Waals surface area contributed by atoms with E-state index in [0.717, 1.165) is 24.7 Å². The molecule has 3 fully saturated rings. The van der Waals surface area contributed by atoms with Crippen LogP contribution in [0.5, 0.6) is 0 Å². The lowest BCUT2D eigenvalue weighted by Gasteiger charge is -2.59. The highest BCUT2D eigenvalue weighted by atomic mass is 16.5. The van der Waals surface area contributed by atoms with Gasteiger partial charge in [0.05, 0.1) is 0 Å². The lowest BCUT2D eigenvalue weighted by Crippen LogP contribution is -2.53. The van der Waals surface area contributed by atoms with Crippen LogP contribution in [0.15, 0.2) is 12.2 Å². The Morgan fingerprint density at radius 1 is 1.00 bits per heavy atom. The molecule has 0 unspecified atom stereocenters. The van der Waals surface area contributed by atoms with Crippen molar-refractivity contribution in [2.75, 3.05) is 0 Å². The third-order valence-electron chi connectivity index (χ3n) is 8.96. The second kappa shape index (κ2) is 6.21. The van der Waals surface area contributed by atoms with Crippen LogP contribution in [0, 0.1) is 40.4 Å². The Bertz CT molecular complexity index is 637.